The Bertz CT molecular complexity index is 408. The summed E-state index contributed by atoms with van der Waals surface area (Å²) < 4.78 is 15.7. The van der Waals surface area contributed by atoms with Gasteiger partial charge in [0.1, 0.15) is 0 Å². The van der Waals surface area contributed by atoms with Crippen LogP contribution >= 0.6 is 7.60 Å². The fourth-order valence-corrected chi connectivity index (χ4v) is 3.97. The molecule has 0 saturated carbocycles. The summed E-state index contributed by atoms with van der Waals surface area (Å²) in [5.74, 6) is -0.514. The molecule has 0 aromatic carbocycles. The molecule has 0 aromatic rings. The van der Waals surface area contributed by atoms with Gasteiger partial charge >= 0.3 is 13.6 Å². The van der Waals surface area contributed by atoms with E-state index in [1.54, 1.807) is 0 Å². The summed E-state index contributed by atoms with van der Waals surface area (Å²) in [6.07, 6.45) is 23.1. The second kappa shape index (κ2) is 20.9. The van der Waals surface area contributed by atoms with Crippen LogP contribution in [0.15, 0.2) is 0 Å². The summed E-state index contributed by atoms with van der Waals surface area (Å²) in [6.45, 7) is 2.63. The van der Waals surface area contributed by atoms with Gasteiger partial charge in [0.15, 0.2) is 0 Å². The summed E-state index contributed by atoms with van der Waals surface area (Å²) >= 11 is 0. The van der Waals surface area contributed by atoms with Crippen molar-refractivity contribution >= 4 is 13.6 Å². The molecule has 29 heavy (non-hydrogen) atoms. The molecule has 0 aliphatic heterocycles. The fraction of sp³-hybridized carbons (Fsp3) is 0.957. The van der Waals surface area contributed by atoms with E-state index in [2.05, 4.69) is 6.92 Å². The van der Waals surface area contributed by atoms with Crippen LogP contribution in [0, 0.1) is 0 Å². The number of unbranched alkanes of at least 4 members (excludes halogenated alkanes) is 17. The molecule has 0 atom stereocenters. The minimum Gasteiger partial charge on any atom is -0.466 e. The van der Waals surface area contributed by atoms with Gasteiger partial charge in [-0.1, -0.05) is 116 Å². The molecule has 0 bridgehead atoms. The number of rotatable bonds is 22. The number of ether oxygens (including phenoxy) is 1. The first-order valence-corrected chi connectivity index (χ1v) is 14.0. The molecule has 0 aromatic heterocycles. The van der Waals surface area contributed by atoms with E-state index in [1.165, 1.54) is 96.3 Å². The number of esters is 1. The SMILES string of the molecule is CCCCCCCCCCCCCCCCCCCCOC(=O)CCP(=O)(O)O. The lowest BCUT2D eigenvalue weighted by Crippen LogP contribution is -2.08. The van der Waals surface area contributed by atoms with Crippen molar-refractivity contribution in [3.05, 3.63) is 0 Å². The fourth-order valence-electron chi connectivity index (χ4n) is 3.50. The van der Waals surface area contributed by atoms with E-state index in [1.807, 2.05) is 0 Å². The average Bonchev–Trinajstić information content (AvgIpc) is 2.67. The molecule has 6 heteroatoms. The Morgan fingerprint density at radius 2 is 1.00 bits per heavy atom. The van der Waals surface area contributed by atoms with E-state index in [0.29, 0.717) is 6.61 Å². The van der Waals surface area contributed by atoms with Gasteiger partial charge in [-0.3, -0.25) is 9.36 Å². The molecule has 0 amide bonds. The van der Waals surface area contributed by atoms with E-state index in [9.17, 15) is 9.36 Å². The van der Waals surface area contributed by atoms with Crippen LogP contribution in [0.3, 0.4) is 0 Å². The molecule has 0 spiro atoms. The third-order valence-corrected chi connectivity index (χ3v) is 6.17. The van der Waals surface area contributed by atoms with Crippen LogP contribution in [0.2, 0.25) is 0 Å². The molecule has 174 valence electrons. The summed E-state index contributed by atoms with van der Waals surface area (Å²) in [6, 6.07) is 0. The molecule has 0 saturated heterocycles. The summed E-state index contributed by atoms with van der Waals surface area (Å²) in [4.78, 5) is 28.7. The Balaban J connectivity index is 3.13. The van der Waals surface area contributed by atoms with Crippen molar-refractivity contribution < 1.29 is 23.9 Å². The van der Waals surface area contributed by atoms with E-state index in [0.717, 1.165) is 19.3 Å². The van der Waals surface area contributed by atoms with Crippen LogP contribution in [-0.2, 0) is 14.1 Å². The zero-order chi connectivity index (χ0) is 21.6. The van der Waals surface area contributed by atoms with E-state index in [4.69, 9.17) is 14.5 Å². The van der Waals surface area contributed by atoms with E-state index >= 15 is 0 Å². The lowest BCUT2D eigenvalue weighted by atomic mass is 10.0. The lowest BCUT2D eigenvalue weighted by Gasteiger charge is -2.06. The standard InChI is InChI=1S/C23H47O5P/c1-2-3-4-5-6-7-8-9-10-11-12-13-14-15-16-17-18-19-21-28-23(24)20-22-29(25,26)27/h2-22H2,1H3,(H2,25,26,27). The van der Waals surface area contributed by atoms with Gasteiger partial charge in [-0.05, 0) is 6.42 Å². The Morgan fingerprint density at radius 3 is 1.34 bits per heavy atom. The minimum atomic E-state index is -4.10. The van der Waals surface area contributed by atoms with Crippen molar-refractivity contribution in [2.75, 3.05) is 12.8 Å². The first-order valence-electron chi connectivity index (χ1n) is 12.2. The molecule has 5 nitrogen and oxygen atoms in total. The van der Waals surface area contributed by atoms with Crippen LogP contribution in [-0.4, -0.2) is 28.5 Å². The van der Waals surface area contributed by atoms with Crippen LogP contribution in [0.1, 0.15) is 129 Å². The van der Waals surface area contributed by atoms with Gasteiger partial charge in [-0.15, -0.1) is 0 Å². The molecule has 0 radical (unpaired) electrons. The van der Waals surface area contributed by atoms with Crippen LogP contribution in [0.4, 0.5) is 0 Å². The van der Waals surface area contributed by atoms with Gasteiger partial charge < -0.3 is 14.5 Å². The molecule has 0 heterocycles. The highest BCUT2D eigenvalue weighted by atomic mass is 31.2. The second-order valence-electron chi connectivity index (χ2n) is 8.37. The zero-order valence-corrected chi connectivity index (χ0v) is 19.8. The smallest absolute Gasteiger partial charge is 0.326 e. The number of hydrogen-bond donors (Lipinski definition) is 2. The highest BCUT2D eigenvalue weighted by Crippen LogP contribution is 2.34. The van der Waals surface area contributed by atoms with Gasteiger partial charge in [0.05, 0.1) is 19.2 Å². The molecule has 0 aliphatic rings. The summed E-state index contributed by atoms with van der Waals surface area (Å²) in [5.41, 5.74) is 0. The largest absolute Gasteiger partial charge is 0.466 e. The third kappa shape index (κ3) is 25.6. The molecular formula is C23H47O5P. The number of carbonyl (C=O) groups excluding carboxylic acids is 1. The van der Waals surface area contributed by atoms with Crippen molar-refractivity contribution in [1.82, 2.24) is 0 Å². The highest BCUT2D eigenvalue weighted by molar-refractivity contribution is 7.51. The maximum Gasteiger partial charge on any atom is 0.326 e. The van der Waals surface area contributed by atoms with Crippen molar-refractivity contribution in [2.24, 2.45) is 0 Å². The van der Waals surface area contributed by atoms with Gasteiger partial charge in [-0.2, -0.15) is 0 Å². The first-order chi connectivity index (χ1) is 14.0. The van der Waals surface area contributed by atoms with E-state index < -0.39 is 19.7 Å². The molecule has 2 N–H and O–H groups in total. The molecule has 0 aliphatic carbocycles. The Hall–Kier alpha value is -0.380. The van der Waals surface area contributed by atoms with Crippen molar-refractivity contribution in [3.8, 4) is 0 Å². The van der Waals surface area contributed by atoms with Crippen LogP contribution < -0.4 is 0 Å². The topological polar surface area (TPSA) is 83.8 Å². The zero-order valence-electron chi connectivity index (χ0n) is 18.9. The Morgan fingerprint density at radius 1 is 0.655 bits per heavy atom. The number of hydrogen-bond acceptors (Lipinski definition) is 3. The van der Waals surface area contributed by atoms with Gasteiger partial charge in [-0.25, -0.2) is 0 Å². The monoisotopic (exact) mass is 434 g/mol. The summed E-state index contributed by atoms with van der Waals surface area (Å²) in [5, 5.41) is 0. The minimum absolute atomic E-state index is 0.205. The van der Waals surface area contributed by atoms with Crippen molar-refractivity contribution in [3.63, 3.8) is 0 Å². The first kappa shape index (κ1) is 28.6. The van der Waals surface area contributed by atoms with Gasteiger partial charge in [0.2, 0.25) is 0 Å². The molecule has 0 rings (SSSR count). The predicted molar refractivity (Wildman–Crippen MR) is 121 cm³/mol. The predicted octanol–water partition coefficient (Wildman–Crippen LogP) is 7.14. The van der Waals surface area contributed by atoms with Crippen molar-refractivity contribution in [2.45, 2.75) is 129 Å². The maximum absolute atomic E-state index is 11.3. The van der Waals surface area contributed by atoms with Crippen LogP contribution in [0.5, 0.6) is 0 Å². The third-order valence-electron chi connectivity index (χ3n) is 5.37. The number of carbonyl (C=O) groups is 1. The Kier molecular flexibility index (Phi) is 20.6. The quantitative estimate of drug-likeness (QED) is 0.107. The van der Waals surface area contributed by atoms with Gasteiger partial charge in [0, 0.05) is 0 Å². The normalized spacial score (nSPS) is 11.7. The molecule has 0 unspecified atom stereocenters. The summed E-state index contributed by atoms with van der Waals surface area (Å²) in [7, 11) is -4.10. The van der Waals surface area contributed by atoms with E-state index in [-0.39, 0.29) is 6.42 Å². The second-order valence-corrected chi connectivity index (χ2v) is 10.1. The van der Waals surface area contributed by atoms with Crippen LogP contribution in [0.25, 0.3) is 0 Å². The highest BCUT2D eigenvalue weighted by Gasteiger charge is 2.15. The Labute approximate surface area is 179 Å². The lowest BCUT2D eigenvalue weighted by molar-refractivity contribution is -0.143. The van der Waals surface area contributed by atoms with Gasteiger partial charge in [0.25, 0.3) is 0 Å². The average molecular weight is 435 g/mol. The van der Waals surface area contributed by atoms with Crippen molar-refractivity contribution in [1.29, 1.82) is 0 Å². The maximum atomic E-state index is 11.3. The molecular weight excluding hydrogens is 387 g/mol. The molecule has 0 fully saturated rings.